The third kappa shape index (κ3) is 13.3. The summed E-state index contributed by atoms with van der Waals surface area (Å²) in [5.74, 6) is 2.14. The fourth-order valence-corrected chi connectivity index (χ4v) is 15.9. The molecule has 0 saturated carbocycles. The Morgan fingerprint density at radius 3 is 0.705 bits per heavy atom. The van der Waals surface area contributed by atoms with Crippen LogP contribution in [-0.2, 0) is 32.9 Å². The van der Waals surface area contributed by atoms with E-state index in [4.69, 9.17) is 44.9 Å². The fourth-order valence-electron chi connectivity index (χ4n) is 15.9. The molecule has 112 heavy (non-hydrogen) atoms. The van der Waals surface area contributed by atoms with Crippen molar-refractivity contribution in [3.63, 3.8) is 0 Å². The first kappa shape index (κ1) is 70.4. The average Bonchev–Trinajstić information content (AvgIpc) is 0.730. The molecule has 0 unspecified atom stereocenters. The molecular formula is C102H72IrN9-3. The number of hydrogen-bond donors (Lipinski definition) is 0. The van der Waals surface area contributed by atoms with Gasteiger partial charge in [-0.15, -0.1) is 106 Å². The summed E-state index contributed by atoms with van der Waals surface area (Å²) in [5, 5.41) is 13.4. The van der Waals surface area contributed by atoms with E-state index in [-0.39, 0.29) is 20.1 Å². The van der Waals surface area contributed by atoms with Crippen LogP contribution in [0.5, 0.6) is 0 Å². The van der Waals surface area contributed by atoms with E-state index in [2.05, 4.69) is 288 Å². The third-order valence-electron chi connectivity index (χ3n) is 21.2. The normalized spacial score (nSPS) is 11.5. The van der Waals surface area contributed by atoms with E-state index in [0.29, 0.717) is 5.82 Å². The Balaban J connectivity index is 0.000000117. The van der Waals surface area contributed by atoms with Crippen molar-refractivity contribution in [2.75, 3.05) is 0 Å². The summed E-state index contributed by atoms with van der Waals surface area (Å²) in [4.78, 5) is 45.9. The molecule has 21 rings (SSSR count). The van der Waals surface area contributed by atoms with Gasteiger partial charge in [-0.25, -0.2) is 15.0 Å². The summed E-state index contributed by atoms with van der Waals surface area (Å²) >= 11 is 0. The molecule has 10 heteroatoms. The SMILES string of the molecule is CCCCc1cc[c-]c(-c2nc3ccc4c(-c5ccccc5)nc(-c5ccccc5)c5ccc(n2)c3c45)c1.CCCCc1cc[c-]c(-c2nc3ccc4c(-c5ccccc5)nc(-c5ccccc5)c5ccc(n2)c3c45)c1.Cc1cc[c-]c(-c2nc3ccc4c(-c5ccccc5)nc(-c5ccccc5)c5ccc(n2)c3c45)c1.[Ir]. The largest absolute Gasteiger partial charge is 0.277 e. The van der Waals surface area contributed by atoms with Crippen LogP contribution in [0.1, 0.15) is 56.2 Å². The van der Waals surface area contributed by atoms with Gasteiger partial charge in [0.15, 0.2) is 0 Å². The van der Waals surface area contributed by atoms with Gasteiger partial charge in [0.1, 0.15) is 0 Å². The summed E-state index contributed by atoms with van der Waals surface area (Å²) in [6, 6.07) is 117. The minimum Gasteiger partial charge on any atom is -0.277 e. The molecule has 0 bridgehead atoms. The van der Waals surface area contributed by atoms with Crippen molar-refractivity contribution in [1.29, 1.82) is 0 Å². The van der Waals surface area contributed by atoms with E-state index in [1.165, 1.54) is 53.1 Å². The van der Waals surface area contributed by atoms with Crippen molar-refractivity contribution in [3.05, 3.63) is 344 Å². The molecule has 0 aliphatic heterocycles. The first-order valence-corrected chi connectivity index (χ1v) is 38.3. The van der Waals surface area contributed by atoms with Crippen molar-refractivity contribution < 1.29 is 20.1 Å². The summed E-state index contributed by atoms with van der Waals surface area (Å²) in [5.41, 5.74) is 24.7. The Morgan fingerprint density at radius 2 is 0.473 bits per heavy atom. The zero-order valence-electron chi connectivity index (χ0n) is 62.0. The zero-order valence-corrected chi connectivity index (χ0v) is 64.4. The van der Waals surface area contributed by atoms with Gasteiger partial charge in [0.2, 0.25) is 0 Å². The van der Waals surface area contributed by atoms with Crippen LogP contribution in [0.2, 0.25) is 0 Å². The van der Waals surface area contributed by atoms with E-state index in [0.717, 1.165) is 196 Å². The van der Waals surface area contributed by atoms with Gasteiger partial charge >= 0.3 is 0 Å². The predicted octanol–water partition coefficient (Wildman–Crippen LogP) is 25.7. The number of benzene rings is 15. The van der Waals surface area contributed by atoms with Gasteiger partial charge in [-0.2, -0.15) is 0 Å². The van der Waals surface area contributed by atoms with Crippen LogP contribution in [0.4, 0.5) is 0 Å². The van der Waals surface area contributed by atoms with Gasteiger partial charge in [0, 0.05) is 118 Å². The second-order valence-electron chi connectivity index (χ2n) is 28.5. The summed E-state index contributed by atoms with van der Waals surface area (Å²) in [6.45, 7) is 6.52. The number of unbranched alkanes of at least 4 members (excludes halogenated alkanes) is 2. The van der Waals surface area contributed by atoms with Crippen molar-refractivity contribution in [1.82, 2.24) is 44.9 Å². The number of nitrogens with zero attached hydrogens (tertiary/aromatic N) is 9. The Morgan fingerprint density at radius 1 is 0.241 bits per heavy atom. The maximum absolute atomic E-state index is 5.25. The molecule has 0 atom stereocenters. The van der Waals surface area contributed by atoms with E-state index in [1.54, 1.807) is 0 Å². The smallest absolute Gasteiger partial charge is 0.0788 e. The van der Waals surface area contributed by atoms with Crippen LogP contribution in [-0.4, -0.2) is 44.9 Å². The van der Waals surface area contributed by atoms with E-state index in [1.807, 2.05) is 60.7 Å². The van der Waals surface area contributed by atoms with Crippen LogP contribution in [0.25, 0.3) is 199 Å². The van der Waals surface area contributed by atoms with E-state index < -0.39 is 0 Å². The molecule has 6 aromatic heterocycles. The van der Waals surface area contributed by atoms with Crippen LogP contribution in [0, 0.1) is 25.1 Å². The third-order valence-corrected chi connectivity index (χ3v) is 21.2. The van der Waals surface area contributed by atoms with Gasteiger partial charge in [-0.1, -0.05) is 265 Å². The van der Waals surface area contributed by atoms with Crippen molar-refractivity contribution in [2.24, 2.45) is 0 Å². The van der Waals surface area contributed by atoms with Gasteiger partial charge in [0.25, 0.3) is 0 Å². The van der Waals surface area contributed by atoms with Crippen LogP contribution in [0.3, 0.4) is 0 Å². The maximum Gasteiger partial charge on any atom is 0.0788 e. The van der Waals surface area contributed by atoms with Crippen molar-refractivity contribution in [3.8, 4) is 102 Å². The number of aromatic nitrogens is 9. The van der Waals surface area contributed by atoms with E-state index >= 15 is 0 Å². The van der Waals surface area contributed by atoms with Gasteiger partial charge in [-0.05, 0) is 49.2 Å². The molecule has 537 valence electrons. The van der Waals surface area contributed by atoms with Crippen molar-refractivity contribution in [2.45, 2.75) is 59.3 Å². The molecule has 0 saturated heterocycles. The molecule has 21 aromatic rings. The quantitative estimate of drug-likeness (QED) is 0.0731. The van der Waals surface area contributed by atoms with Crippen LogP contribution >= 0.6 is 0 Å². The first-order chi connectivity index (χ1) is 54.9. The minimum absolute atomic E-state index is 0. The molecule has 0 N–H and O–H groups in total. The second-order valence-corrected chi connectivity index (χ2v) is 28.5. The molecule has 9 nitrogen and oxygen atoms in total. The fraction of sp³-hybridized carbons (Fsp3) is 0.0882. The Hall–Kier alpha value is -13.2. The Bertz CT molecular complexity index is 6360. The summed E-state index contributed by atoms with van der Waals surface area (Å²) in [6.07, 6.45) is 6.82. The Kier molecular flexibility index (Phi) is 19.3. The average molecular weight is 1620 g/mol. The topological polar surface area (TPSA) is 116 Å². The minimum atomic E-state index is 0. The number of pyridine rings is 3. The molecule has 0 amide bonds. The maximum atomic E-state index is 5.25. The molecule has 0 aliphatic carbocycles. The first-order valence-electron chi connectivity index (χ1n) is 38.3. The molecule has 1 radical (unpaired) electrons. The summed E-state index contributed by atoms with van der Waals surface area (Å²) in [7, 11) is 0. The van der Waals surface area contributed by atoms with Crippen LogP contribution in [0.15, 0.2) is 309 Å². The molecule has 15 aromatic carbocycles. The van der Waals surface area contributed by atoms with Gasteiger partial charge in [0.05, 0.1) is 84.7 Å². The molecule has 0 fully saturated rings. The van der Waals surface area contributed by atoms with Crippen LogP contribution < -0.4 is 0 Å². The van der Waals surface area contributed by atoms with Crippen molar-refractivity contribution >= 4 is 97.7 Å². The molecule has 0 aliphatic rings. The van der Waals surface area contributed by atoms with Gasteiger partial charge < -0.3 is 0 Å². The Labute approximate surface area is 663 Å². The van der Waals surface area contributed by atoms with E-state index in [9.17, 15) is 0 Å². The monoisotopic (exact) mass is 1620 g/mol. The molecule has 6 heterocycles. The number of hydrogen-bond acceptors (Lipinski definition) is 9. The zero-order chi connectivity index (χ0) is 74.3. The molecular weight excluding hydrogens is 1540 g/mol. The predicted molar refractivity (Wildman–Crippen MR) is 458 cm³/mol. The number of aryl methyl sites for hydroxylation is 3. The standard InChI is InChI=1S/2C35H26N3.C32H20N3.Ir/c2*1-2-3-11-23-12-10-17-26(22-23)35-36-29-20-18-27-31-28(19-21-30(37-35)32(29)31)34(25-15-8-5-9-16-25)38-33(27)24-13-6-4-7-14-24;1-20-9-8-14-23(19-20)32-33-26-17-15-24-28-25(16-18-27(34-32)29(26)28)31(22-12-6-3-7-13-22)35-30(24)21-10-4-2-5-11-21;/h2*4-10,12-16,18-22H,2-3,11H2,1H3;2-13,15-19H,1H3;/q3*-1;. The number of rotatable bonds is 15. The van der Waals surface area contributed by atoms with Gasteiger partial charge in [-0.3, -0.25) is 29.9 Å². The second kappa shape index (κ2) is 30.7. The molecule has 0 spiro atoms. The summed E-state index contributed by atoms with van der Waals surface area (Å²) < 4.78 is 0.